The Balaban J connectivity index is 1.95. The third kappa shape index (κ3) is 4.14. The number of nitrogens with zero attached hydrogens (tertiary/aromatic N) is 1. The van der Waals surface area contributed by atoms with Crippen LogP contribution < -0.4 is 0 Å². The van der Waals surface area contributed by atoms with Crippen LogP contribution in [0.1, 0.15) is 47.6 Å². The van der Waals surface area contributed by atoms with Crippen molar-refractivity contribution in [3.05, 3.63) is 70.2 Å². The molecule has 1 amide bonds. The molecule has 1 heterocycles. The number of carbonyl (C=O) groups is 2. The Morgan fingerprint density at radius 1 is 1.07 bits per heavy atom. The highest BCUT2D eigenvalue weighted by molar-refractivity contribution is 7.99. The Labute approximate surface area is 168 Å². The van der Waals surface area contributed by atoms with Gasteiger partial charge in [0.2, 0.25) is 0 Å². The number of hydrogen-bond acceptors (Lipinski definition) is 3. The second-order valence-electron chi connectivity index (χ2n) is 7.63. The molecule has 2 atom stereocenters. The van der Waals surface area contributed by atoms with Gasteiger partial charge in [-0.15, -0.1) is 11.8 Å². The number of carboxylic acid groups (broad SMARTS) is 1. The van der Waals surface area contributed by atoms with E-state index in [0.717, 1.165) is 5.56 Å². The Bertz CT molecular complexity index is 843. The minimum absolute atomic E-state index is 0.0315. The number of carbonyl (C=O) groups excluding carboxylic acids is 1. The van der Waals surface area contributed by atoms with Crippen LogP contribution in [0.4, 0.5) is 0 Å². The molecule has 0 aromatic heterocycles. The molecule has 1 saturated heterocycles. The van der Waals surface area contributed by atoms with Gasteiger partial charge in [0.05, 0.1) is 0 Å². The van der Waals surface area contributed by atoms with Crippen LogP contribution in [0.25, 0.3) is 0 Å². The highest BCUT2D eigenvalue weighted by atomic mass is 35.5. The Hall–Kier alpha value is -1.98. The van der Waals surface area contributed by atoms with E-state index in [9.17, 15) is 14.7 Å². The van der Waals surface area contributed by atoms with Gasteiger partial charge in [-0.25, -0.2) is 4.79 Å². The van der Waals surface area contributed by atoms with Crippen molar-refractivity contribution in [2.75, 3.05) is 5.75 Å². The Morgan fingerprint density at radius 2 is 1.67 bits per heavy atom. The monoisotopic (exact) mass is 403 g/mol. The van der Waals surface area contributed by atoms with Crippen molar-refractivity contribution in [2.45, 2.75) is 37.6 Å². The van der Waals surface area contributed by atoms with Crippen LogP contribution in [0.15, 0.2) is 48.5 Å². The van der Waals surface area contributed by atoms with Gasteiger partial charge in [-0.05, 0) is 40.8 Å². The molecule has 0 bridgehead atoms. The van der Waals surface area contributed by atoms with E-state index in [1.54, 1.807) is 24.3 Å². The summed E-state index contributed by atoms with van der Waals surface area (Å²) < 4.78 is 0. The Kier molecular flexibility index (Phi) is 5.54. The molecule has 0 radical (unpaired) electrons. The zero-order chi connectivity index (χ0) is 19.8. The molecule has 2 aromatic carbocycles. The molecule has 142 valence electrons. The van der Waals surface area contributed by atoms with Crippen LogP contribution in [-0.4, -0.2) is 33.7 Å². The average Bonchev–Trinajstić information content (AvgIpc) is 3.06. The first-order valence-corrected chi connectivity index (χ1v) is 10.1. The molecule has 1 N–H and O–H groups in total. The van der Waals surface area contributed by atoms with Gasteiger partial charge < -0.3 is 10.0 Å². The van der Waals surface area contributed by atoms with Crippen molar-refractivity contribution in [1.29, 1.82) is 0 Å². The van der Waals surface area contributed by atoms with E-state index in [-0.39, 0.29) is 16.7 Å². The third-order valence-electron chi connectivity index (χ3n) is 4.67. The van der Waals surface area contributed by atoms with Crippen LogP contribution >= 0.6 is 23.4 Å². The molecule has 0 aliphatic carbocycles. The van der Waals surface area contributed by atoms with Crippen LogP contribution in [0.5, 0.6) is 0 Å². The number of benzene rings is 2. The summed E-state index contributed by atoms with van der Waals surface area (Å²) in [7, 11) is 0. The number of halogens is 1. The highest BCUT2D eigenvalue weighted by Gasteiger charge is 2.42. The zero-order valence-electron chi connectivity index (χ0n) is 15.5. The summed E-state index contributed by atoms with van der Waals surface area (Å²) in [5, 5.41) is 9.81. The summed E-state index contributed by atoms with van der Waals surface area (Å²) in [5.41, 5.74) is 2.59. The normalized spacial score (nSPS) is 19.9. The summed E-state index contributed by atoms with van der Waals surface area (Å²) in [4.78, 5) is 26.3. The molecular formula is C21H22ClNO3S. The first-order chi connectivity index (χ1) is 12.7. The molecule has 2 aromatic rings. The van der Waals surface area contributed by atoms with Gasteiger partial charge in [0.15, 0.2) is 0 Å². The first kappa shape index (κ1) is 19.8. The predicted octanol–water partition coefficient (Wildman–Crippen LogP) is 4.98. The maximum atomic E-state index is 13.1. The predicted molar refractivity (Wildman–Crippen MR) is 109 cm³/mol. The third-order valence-corrected chi connectivity index (χ3v) is 6.25. The van der Waals surface area contributed by atoms with E-state index >= 15 is 0 Å². The van der Waals surface area contributed by atoms with Crippen LogP contribution in [0.2, 0.25) is 5.02 Å². The molecule has 0 saturated carbocycles. The number of amides is 1. The fraction of sp³-hybridized carbons (Fsp3) is 0.333. The topological polar surface area (TPSA) is 57.6 Å². The molecule has 0 unspecified atom stereocenters. The summed E-state index contributed by atoms with van der Waals surface area (Å²) in [6.07, 6.45) is 0. The van der Waals surface area contributed by atoms with E-state index in [2.05, 4.69) is 32.9 Å². The zero-order valence-corrected chi connectivity index (χ0v) is 17.1. The summed E-state index contributed by atoms with van der Waals surface area (Å²) in [6.45, 7) is 6.43. The molecule has 1 aliphatic heterocycles. The van der Waals surface area contributed by atoms with Crippen molar-refractivity contribution >= 4 is 35.2 Å². The maximum absolute atomic E-state index is 13.1. The van der Waals surface area contributed by atoms with Gasteiger partial charge in [0, 0.05) is 16.3 Å². The summed E-state index contributed by atoms with van der Waals surface area (Å²) >= 11 is 7.39. The van der Waals surface area contributed by atoms with Crippen LogP contribution in [0.3, 0.4) is 0 Å². The second-order valence-corrected chi connectivity index (χ2v) is 9.18. The van der Waals surface area contributed by atoms with Crippen molar-refractivity contribution in [3.8, 4) is 0 Å². The fourth-order valence-corrected chi connectivity index (χ4v) is 4.64. The van der Waals surface area contributed by atoms with E-state index in [1.165, 1.54) is 22.2 Å². The number of hydrogen-bond donors (Lipinski definition) is 1. The van der Waals surface area contributed by atoms with Crippen molar-refractivity contribution in [1.82, 2.24) is 4.90 Å². The molecule has 27 heavy (non-hydrogen) atoms. The Morgan fingerprint density at radius 3 is 2.19 bits per heavy atom. The second kappa shape index (κ2) is 7.56. The SMILES string of the molecule is CC(C)(C)c1ccc([C@H]2SC[C@H](C(=O)O)N2C(=O)c2ccc(Cl)cc2)cc1. The minimum Gasteiger partial charge on any atom is -0.480 e. The lowest BCUT2D eigenvalue weighted by atomic mass is 9.86. The van der Waals surface area contributed by atoms with Gasteiger partial charge in [-0.1, -0.05) is 56.6 Å². The number of carboxylic acids is 1. The average molecular weight is 404 g/mol. The first-order valence-electron chi connectivity index (χ1n) is 8.71. The largest absolute Gasteiger partial charge is 0.480 e. The van der Waals surface area contributed by atoms with E-state index in [0.29, 0.717) is 16.3 Å². The molecule has 1 aliphatic rings. The van der Waals surface area contributed by atoms with Gasteiger partial charge >= 0.3 is 5.97 Å². The molecule has 1 fully saturated rings. The molecule has 0 spiro atoms. The van der Waals surface area contributed by atoms with Crippen molar-refractivity contribution in [2.24, 2.45) is 0 Å². The van der Waals surface area contributed by atoms with Gasteiger partial charge in [-0.2, -0.15) is 0 Å². The summed E-state index contributed by atoms with van der Waals surface area (Å²) in [6, 6.07) is 13.8. The van der Waals surface area contributed by atoms with Crippen molar-refractivity contribution < 1.29 is 14.7 Å². The quantitative estimate of drug-likeness (QED) is 0.785. The van der Waals surface area contributed by atoms with Gasteiger partial charge in [0.25, 0.3) is 5.91 Å². The van der Waals surface area contributed by atoms with Crippen LogP contribution in [0, 0.1) is 0 Å². The number of rotatable bonds is 3. The smallest absolute Gasteiger partial charge is 0.327 e. The molecule has 3 rings (SSSR count). The van der Waals surface area contributed by atoms with E-state index in [1.807, 2.05) is 12.1 Å². The summed E-state index contributed by atoms with van der Waals surface area (Å²) in [5.74, 6) is -0.923. The number of thioether (sulfide) groups is 1. The van der Waals surface area contributed by atoms with Gasteiger partial charge in [0.1, 0.15) is 11.4 Å². The minimum atomic E-state index is -0.987. The highest BCUT2D eigenvalue weighted by Crippen LogP contribution is 2.42. The van der Waals surface area contributed by atoms with E-state index < -0.39 is 12.0 Å². The lowest BCUT2D eigenvalue weighted by Crippen LogP contribution is -2.42. The van der Waals surface area contributed by atoms with E-state index in [4.69, 9.17) is 11.6 Å². The maximum Gasteiger partial charge on any atom is 0.327 e. The molecule has 4 nitrogen and oxygen atoms in total. The van der Waals surface area contributed by atoms with Gasteiger partial charge in [-0.3, -0.25) is 4.79 Å². The van der Waals surface area contributed by atoms with Crippen LogP contribution in [-0.2, 0) is 10.2 Å². The standard InChI is InChI=1S/C21H22ClNO3S/c1-21(2,3)15-8-4-14(5-9-15)19-23(17(12-27-19)20(25)26)18(24)13-6-10-16(22)11-7-13/h4-11,17,19H,12H2,1-3H3,(H,25,26)/t17-,19-/m1/s1. The lowest BCUT2D eigenvalue weighted by Gasteiger charge is -2.28. The molecular weight excluding hydrogens is 382 g/mol. The van der Waals surface area contributed by atoms with Crippen molar-refractivity contribution in [3.63, 3.8) is 0 Å². The molecule has 6 heteroatoms. The fourth-order valence-electron chi connectivity index (χ4n) is 3.09. The number of aliphatic carboxylic acids is 1. The lowest BCUT2D eigenvalue weighted by molar-refractivity contribution is -0.141.